The maximum Gasteiger partial charge on any atom is 0.222 e. The van der Waals surface area contributed by atoms with Gasteiger partial charge in [0.25, 0.3) is 0 Å². The zero-order valence-electron chi connectivity index (χ0n) is 8.11. The Morgan fingerprint density at radius 1 is 1.31 bits per heavy atom. The first-order valence-corrected chi connectivity index (χ1v) is 5.25. The first kappa shape index (κ1) is 10.8. The standard InChI is InChI=1S/C10H8BrFN4/c11-6-5-14-10(13)16-9(6)15-8-4-2-1-3-7(8)12/h1-5H,(H3,13,14,15,16). The fourth-order valence-electron chi connectivity index (χ4n) is 1.16. The molecule has 0 unspecified atom stereocenters. The number of hydrogen-bond acceptors (Lipinski definition) is 4. The molecule has 16 heavy (non-hydrogen) atoms. The van der Waals surface area contributed by atoms with Crippen LogP contribution in [0.5, 0.6) is 0 Å². The van der Waals surface area contributed by atoms with Gasteiger partial charge in [-0.05, 0) is 28.1 Å². The predicted molar refractivity (Wildman–Crippen MR) is 63.8 cm³/mol. The first-order chi connectivity index (χ1) is 7.66. The Labute approximate surface area is 99.9 Å². The van der Waals surface area contributed by atoms with Crippen LogP contribution in [0.25, 0.3) is 0 Å². The molecule has 0 saturated carbocycles. The topological polar surface area (TPSA) is 63.8 Å². The smallest absolute Gasteiger partial charge is 0.222 e. The van der Waals surface area contributed by atoms with E-state index in [2.05, 4.69) is 31.2 Å². The van der Waals surface area contributed by atoms with Gasteiger partial charge >= 0.3 is 0 Å². The van der Waals surface area contributed by atoms with Gasteiger partial charge in [-0.25, -0.2) is 9.37 Å². The molecular weight excluding hydrogens is 275 g/mol. The Morgan fingerprint density at radius 2 is 2.06 bits per heavy atom. The summed E-state index contributed by atoms with van der Waals surface area (Å²) in [6.45, 7) is 0. The van der Waals surface area contributed by atoms with Crippen LogP contribution >= 0.6 is 15.9 Å². The van der Waals surface area contributed by atoms with Gasteiger partial charge in [-0.2, -0.15) is 4.98 Å². The maximum atomic E-state index is 13.4. The largest absolute Gasteiger partial charge is 0.368 e. The van der Waals surface area contributed by atoms with Crippen molar-refractivity contribution in [3.8, 4) is 0 Å². The van der Waals surface area contributed by atoms with Gasteiger partial charge in [-0.3, -0.25) is 0 Å². The van der Waals surface area contributed by atoms with Crippen LogP contribution in [0.4, 0.5) is 21.8 Å². The van der Waals surface area contributed by atoms with Crippen molar-refractivity contribution in [2.75, 3.05) is 11.1 Å². The summed E-state index contributed by atoms with van der Waals surface area (Å²) in [6, 6.07) is 6.31. The van der Waals surface area contributed by atoms with Crippen molar-refractivity contribution in [1.82, 2.24) is 9.97 Å². The molecule has 1 aromatic heterocycles. The quantitative estimate of drug-likeness (QED) is 0.889. The molecule has 0 spiro atoms. The lowest BCUT2D eigenvalue weighted by atomic mass is 10.3. The second kappa shape index (κ2) is 4.44. The van der Waals surface area contributed by atoms with E-state index in [0.29, 0.717) is 16.0 Å². The predicted octanol–water partition coefficient (Wildman–Crippen LogP) is 2.70. The molecule has 0 bridgehead atoms. The molecule has 0 amide bonds. The summed E-state index contributed by atoms with van der Waals surface area (Å²) in [5.41, 5.74) is 5.78. The zero-order chi connectivity index (χ0) is 11.5. The fraction of sp³-hybridized carbons (Fsp3) is 0. The van der Waals surface area contributed by atoms with Crippen LogP contribution in [0.1, 0.15) is 0 Å². The molecule has 0 atom stereocenters. The number of nitrogens with one attached hydrogen (secondary N) is 1. The SMILES string of the molecule is Nc1ncc(Br)c(Nc2ccccc2F)n1. The molecule has 0 aliphatic rings. The van der Waals surface area contributed by atoms with E-state index in [-0.39, 0.29) is 11.8 Å². The number of nitrogen functional groups attached to an aromatic ring is 1. The third-order valence-electron chi connectivity index (χ3n) is 1.89. The number of rotatable bonds is 2. The minimum Gasteiger partial charge on any atom is -0.368 e. The monoisotopic (exact) mass is 282 g/mol. The van der Waals surface area contributed by atoms with Crippen molar-refractivity contribution in [3.63, 3.8) is 0 Å². The lowest BCUT2D eigenvalue weighted by Gasteiger charge is -2.08. The molecule has 1 aromatic carbocycles. The van der Waals surface area contributed by atoms with Crippen molar-refractivity contribution in [3.05, 3.63) is 40.8 Å². The van der Waals surface area contributed by atoms with Crippen LogP contribution in [0.3, 0.4) is 0 Å². The lowest BCUT2D eigenvalue weighted by Crippen LogP contribution is -2.01. The summed E-state index contributed by atoms with van der Waals surface area (Å²) >= 11 is 3.25. The summed E-state index contributed by atoms with van der Waals surface area (Å²) < 4.78 is 14.0. The van der Waals surface area contributed by atoms with Crippen LogP contribution in [0.15, 0.2) is 34.9 Å². The highest BCUT2D eigenvalue weighted by molar-refractivity contribution is 9.10. The van der Waals surface area contributed by atoms with Gasteiger partial charge in [-0.15, -0.1) is 0 Å². The molecule has 0 radical (unpaired) electrons. The van der Waals surface area contributed by atoms with Crippen molar-refractivity contribution in [2.45, 2.75) is 0 Å². The number of aromatic nitrogens is 2. The number of hydrogen-bond donors (Lipinski definition) is 2. The molecule has 0 fully saturated rings. The van der Waals surface area contributed by atoms with E-state index in [4.69, 9.17) is 5.73 Å². The van der Waals surface area contributed by atoms with Gasteiger partial charge in [0.15, 0.2) is 0 Å². The zero-order valence-corrected chi connectivity index (χ0v) is 9.70. The molecule has 6 heteroatoms. The Kier molecular flexibility index (Phi) is 3.00. The van der Waals surface area contributed by atoms with Crippen molar-refractivity contribution < 1.29 is 4.39 Å². The molecule has 2 aromatic rings. The van der Waals surface area contributed by atoms with Crippen LogP contribution in [-0.2, 0) is 0 Å². The molecule has 3 N–H and O–H groups in total. The number of nitrogens with two attached hydrogens (primary N) is 1. The molecule has 4 nitrogen and oxygen atoms in total. The van der Waals surface area contributed by atoms with E-state index in [0.717, 1.165) is 0 Å². The average molecular weight is 283 g/mol. The van der Waals surface area contributed by atoms with Gasteiger partial charge in [0.05, 0.1) is 10.2 Å². The molecule has 0 aliphatic heterocycles. The normalized spacial score (nSPS) is 10.1. The molecule has 2 rings (SSSR count). The summed E-state index contributed by atoms with van der Waals surface area (Å²) in [4.78, 5) is 7.74. The number of nitrogens with zero attached hydrogens (tertiary/aromatic N) is 2. The van der Waals surface area contributed by atoms with E-state index in [1.54, 1.807) is 18.2 Å². The minimum atomic E-state index is -0.355. The van der Waals surface area contributed by atoms with E-state index < -0.39 is 0 Å². The second-order valence-corrected chi connectivity index (χ2v) is 3.88. The van der Waals surface area contributed by atoms with Gasteiger partial charge in [0.1, 0.15) is 11.6 Å². The Bertz CT molecular complexity index is 518. The molecule has 0 aliphatic carbocycles. The van der Waals surface area contributed by atoms with Crippen molar-refractivity contribution in [2.24, 2.45) is 0 Å². The lowest BCUT2D eigenvalue weighted by molar-refractivity contribution is 0.632. The van der Waals surface area contributed by atoms with E-state index in [1.165, 1.54) is 12.3 Å². The van der Waals surface area contributed by atoms with Crippen LogP contribution in [0.2, 0.25) is 0 Å². The third kappa shape index (κ3) is 2.27. The van der Waals surface area contributed by atoms with Gasteiger partial charge in [0, 0.05) is 6.20 Å². The number of benzene rings is 1. The number of para-hydroxylation sites is 1. The van der Waals surface area contributed by atoms with Crippen LogP contribution in [0, 0.1) is 5.82 Å². The van der Waals surface area contributed by atoms with Crippen LogP contribution < -0.4 is 11.1 Å². The highest BCUT2D eigenvalue weighted by atomic mass is 79.9. The molecule has 0 saturated heterocycles. The Balaban J connectivity index is 2.34. The number of anilines is 3. The summed E-state index contributed by atoms with van der Waals surface area (Å²) in [6.07, 6.45) is 1.51. The van der Waals surface area contributed by atoms with Crippen molar-refractivity contribution >= 4 is 33.4 Å². The number of halogens is 2. The maximum absolute atomic E-state index is 13.4. The highest BCUT2D eigenvalue weighted by Gasteiger charge is 2.06. The first-order valence-electron chi connectivity index (χ1n) is 4.46. The Hall–Kier alpha value is -1.69. The molecular formula is C10H8BrFN4. The Morgan fingerprint density at radius 3 is 2.81 bits per heavy atom. The van der Waals surface area contributed by atoms with Gasteiger partial charge in [-0.1, -0.05) is 12.1 Å². The summed E-state index contributed by atoms with van der Waals surface area (Å²) in [5.74, 6) is 0.200. The van der Waals surface area contributed by atoms with Gasteiger partial charge < -0.3 is 11.1 Å². The van der Waals surface area contributed by atoms with E-state index >= 15 is 0 Å². The van der Waals surface area contributed by atoms with Crippen LogP contribution in [-0.4, -0.2) is 9.97 Å². The summed E-state index contributed by atoms with van der Waals surface area (Å²) in [5, 5.41) is 2.83. The minimum absolute atomic E-state index is 0.127. The highest BCUT2D eigenvalue weighted by Crippen LogP contribution is 2.24. The van der Waals surface area contributed by atoms with Gasteiger partial charge in [0.2, 0.25) is 5.95 Å². The summed E-state index contributed by atoms with van der Waals surface area (Å²) in [7, 11) is 0. The second-order valence-electron chi connectivity index (χ2n) is 3.03. The molecule has 82 valence electrons. The average Bonchev–Trinajstić information content (AvgIpc) is 2.27. The molecule has 1 heterocycles. The van der Waals surface area contributed by atoms with E-state index in [9.17, 15) is 4.39 Å². The van der Waals surface area contributed by atoms with E-state index in [1.807, 2.05) is 0 Å². The van der Waals surface area contributed by atoms with Crippen molar-refractivity contribution in [1.29, 1.82) is 0 Å². The third-order valence-corrected chi connectivity index (χ3v) is 2.47. The fourth-order valence-corrected chi connectivity index (χ4v) is 1.45.